The number of carbonyl (C=O) groups excluding carboxylic acids is 1. The van der Waals surface area contributed by atoms with Crippen molar-refractivity contribution in [1.82, 2.24) is 25.1 Å². The maximum absolute atomic E-state index is 11.9. The molecule has 0 unspecified atom stereocenters. The molecule has 0 saturated carbocycles. The molecule has 0 aromatic carbocycles. The Morgan fingerprint density at radius 3 is 2.67 bits per heavy atom. The van der Waals surface area contributed by atoms with Crippen LogP contribution < -0.4 is 5.32 Å². The largest absolute Gasteiger partial charge is 0.347 e. The Labute approximate surface area is 105 Å². The van der Waals surface area contributed by atoms with Gasteiger partial charge in [-0.2, -0.15) is 5.10 Å². The second kappa shape index (κ2) is 4.64. The van der Waals surface area contributed by atoms with Gasteiger partial charge in [-0.15, -0.1) is 0 Å². The summed E-state index contributed by atoms with van der Waals surface area (Å²) in [6, 6.07) is 0. The average molecular weight is 247 g/mol. The molecule has 2 heterocycles. The van der Waals surface area contributed by atoms with Gasteiger partial charge in [0.05, 0.1) is 11.9 Å². The van der Waals surface area contributed by atoms with Crippen molar-refractivity contribution < 1.29 is 4.79 Å². The van der Waals surface area contributed by atoms with Crippen LogP contribution in [0.3, 0.4) is 0 Å². The second-order valence-corrected chi connectivity index (χ2v) is 4.34. The fourth-order valence-electron chi connectivity index (χ4n) is 1.87. The highest BCUT2D eigenvalue weighted by atomic mass is 16.1. The first-order valence-electron chi connectivity index (χ1n) is 5.78. The molecule has 0 bridgehead atoms. The van der Waals surface area contributed by atoms with Crippen LogP contribution in [0.4, 0.5) is 0 Å². The Bertz CT molecular complexity index is 581. The minimum atomic E-state index is -0.154. The number of carbonyl (C=O) groups is 1. The van der Waals surface area contributed by atoms with E-state index in [0.717, 1.165) is 22.8 Å². The van der Waals surface area contributed by atoms with Crippen LogP contribution in [-0.2, 0) is 13.6 Å². The summed E-state index contributed by atoms with van der Waals surface area (Å²) in [7, 11) is 1.89. The lowest BCUT2D eigenvalue weighted by Crippen LogP contribution is -2.23. The van der Waals surface area contributed by atoms with Gasteiger partial charge < -0.3 is 10.3 Å². The molecule has 0 saturated heterocycles. The van der Waals surface area contributed by atoms with E-state index in [4.69, 9.17) is 0 Å². The van der Waals surface area contributed by atoms with Gasteiger partial charge in [-0.05, 0) is 20.8 Å². The van der Waals surface area contributed by atoms with E-state index < -0.39 is 0 Å². The number of rotatable bonds is 3. The molecule has 2 aromatic heterocycles. The molecule has 96 valence electrons. The third-order valence-electron chi connectivity index (χ3n) is 3.03. The predicted octanol–water partition coefficient (Wildman–Crippen LogP) is 0.998. The second-order valence-electron chi connectivity index (χ2n) is 4.34. The van der Waals surface area contributed by atoms with E-state index in [1.54, 1.807) is 0 Å². The number of H-pyrrole nitrogens is 1. The molecule has 2 rings (SSSR count). The number of aryl methyl sites for hydroxylation is 3. The summed E-state index contributed by atoms with van der Waals surface area (Å²) in [6.07, 6.45) is 1.54. The smallest absolute Gasteiger partial charge is 0.269 e. The van der Waals surface area contributed by atoms with Crippen molar-refractivity contribution in [3.63, 3.8) is 0 Å². The number of amides is 1. The van der Waals surface area contributed by atoms with Crippen molar-refractivity contribution in [2.45, 2.75) is 27.3 Å². The molecule has 0 radical (unpaired) electrons. The lowest BCUT2D eigenvalue weighted by molar-refractivity contribution is 0.0946. The van der Waals surface area contributed by atoms with Crippen molar-refractivity contribution >= 4 is 5.91 Å². The Kier molecular flexibility index (Phi) is 3.18. The topological polar surface area (TPSA) is 75.6 Å². The molecule has 6 heteroatoms. The highest BCUT2D eigenvalue weighted by molar-refractivity contribution is 5.92. The summed E-state index contributed by atoms with van der Waals surface area (Å²) in [5.74, 6) is 0.576. The third kappa shape index (κ3) is 2.27. The molecule has 0 aliphatic carbocycles. The zero-order valence-electron chi connectivity index (χ0n) is 11.0. The van der Waals surface area contributed by atoms with Crippen molar-refractivity contribution in [2.24, 2.45) is 7.05 Å². The number of hydrogen-bond acceptors (Lipinski definition) is 3. The number of imidazole rings is 1. The molecule has 0 spiro atoms. The highest BCUT2D eigenvalue weighted by Crippen LogP contribution is 2.11. The quantitative estimate of drug-likeness (QED) is 0.849. The number of nitrogens with zero attached hydrogens (tertiary/aromatic N) is 3. The molecule has 2 N–H and O–H groups in total. The first kappa shape index (κ1) is 12.3. The maximum Gasteiger partial charge on any atom is 0.269 e. The van der Waals surface area contributed by atoms with Gasteiger partial charge in [-0.25, -0.2) is 4.98 Å². The molecule has 0 aliphatic heterocycles. The molecule has 18 heavy (non-hydrogen) atoms. The van der Waals surface area contributed by atoms with E-state index in [1.807, 2.05) is 32.5 Å². The standard InChI is InChI=1S/C12H17N5O/c1-7-10(8(2)17(4)16-7)5-14-12(18)11-6-13-9(3)15-11/h6H,5H2,1-4H3,(H,13,15)(H,14,18). The monoisotopic (exact) mass is 247 g/mol. The van der Waals surface area contributed by atoms with Gasteiger partial charge in [-0.3, -0.25) is 9.48 Å². The van der Waals surface area contributed by atoms with Crippen LogP contribution in [-0.4, -0.2) is 25.7 Å². The fourth-order valence-corrected chi connectivity index (χ4v) is 1.87. The van der Waals surface area contributed by atoms with Crippen molar-refractivity contribution in [3.05, 3.63) is 34.7 Å². The molecule has 0 fully saturated rings. The molecule has 0 atom stereocenters. The van der Waals surface area contributed by atoms with E-state index in [9.17, 15) is 4.79 Å². The first-order chi connectivity index (χ1) is 8.49. The zero-order valence-corrected chi connectivity index (χ0v) is 11.0. The van der Waals surface area contributed by atoms with Gasteiger partial charge in [-0.1, -0.05) is 0 Å². The van der Waals surface area contributed by atoms with Crippen LogP contribution in [0.1, 0.15) is 33.3 Å². The van der Waals surface area contributed by atoms with Crippen molar-refractivity contribution in [1.29, 1.82) is 0 Å². The zero-order chi connectivity index (χ0) is 13.3. The number of nitrogens with one attached hydrogen (secondary N) is 2. The maximum atomic E-state index is 11.9. The lowest BCUT2D eigenvalue weighted by Gasteiger charge is -2.04. The summed E-state index contributed by atoms with van der Waals surface area (Å²) in [5.41, 5.74) is 3.54. The molecular weight excluding hydrogens is 230 g/mol. The molecule has 6 nitrogen and oxygen atoms in total. The van der Waals surface area contributed by atoms with Crippen LogP contribution in [0.5, 0.6) is 0 Å². The first-order valence-corrected chi connectivity index (χ1v) is 5.78. The Morgan fingerprint density at radius 1 is 1.44 bits per heavy atom. The third-order valence-corrected chi connectivity index (χ3v) is 3.03. The Hall–Kier alpha value is -2.11. The normalized spacial score (nSPS) is 10.7. The summed E-state index contributed by atoms with van der Waals surface area (Å²) in [5, 5.41) is 7.17. The Balaban J connectivity index is 2.06. The molecule has 2 aromatic rings. The van der Waals surface area contributed by atoms with Crippen molar-refractivity contribution in [3.8, 4) is 0 Å². The van der Waals surface area contributed by atoms with Gasteiger partial charge in [0.2, 0.25) is 0 Å². The van der Waals surface area contributed by atoms with Gasteiger partial charge in [0.25, 0.3) is 5.91 Å². The SMILES string of the molecule is Cc1ncc(C(=O)NCc2c(C)nn(C)c2C)[nH]1. The number of aromatic nitrogens is 4. The van der Waals surface area contributed by atoms with E-state index in [-0.39, 0.29) is 5.91 Å². The predicted molar refractivity (Wildman–Crippen MR) is 67.2 cm³/mol. The van der Waals surface area contributed by atoms with E-state index in [2.05, 4.69) is 20.4 Å². The summed E-state index contributed by atoms with van der Waals surface area (Å²) >= 11 is 0. The minimum Gasteiger partial charge on any atom is -0.347 e. The average Bonchev–Trinajstić information content (AvgIpc) is 2.83. The molecular formula is C12H17N5O. The van der Waals surface area contributed by atoms with Gasteiger partial charge in [0, 0.05) is 24.8 Å². The summed E-state index contributed by atoms with van der Waals surface area (Å²) in [6.45, 7) is 6.21. The van der Waals surface area contributed by atoms with Crippen LogP contribution in [0, 0.1) is 20.8 Å². The summed E-state index contributed by atoms with van der Waals surface area (Å²) in [4.78, 5) is 18.8. The van der Waals surface area contributed by atoms with Crippen LogP contribution in [0.25, 0.3) is 0 Å². The molecule has 0 aliphatic rings. The van der Waals surface area contributed by atoms with Gasteiger partial charge in [0.1, 0.15) is 11.5 Å². The van der Waals surface area contributed by atoms with Crippen LogP contribution in [0.2, 0.25) is 0 Å². The van der Waals surface area contributed by atoms with E-state index in [0.29, 0.717) is 12.2 Å². The molecule has 1 amide bonds. The van der Waals surface area contributed by atoms with Crippen molar-refractivity contribution in [2.75, 3.05) is 0 Å². The van der Waals surface area contributed by atoms with Gasteiger partial charge >= 0.3 is 0 Å². The fraction of sp³-hybridized carbons (Fsp3) is 0.417. The van der Waals surface area contributed by atoms with Gasteiger partial charge in [0.15, 0.2) is 0 Å². The highest BCUT2D eigenvalue weighted by Gasteiger charge is 2.12. The van der Waals surface area contributed by atoms with Crippen LogP contribution >= 0.6 is 0 Å². The van der Waals surface area contributed by atoms with Crippen LogP contribution in [0.15, 0.2) is 6.20 Å². The number of hydrogen-bond donors (Lipinski definition) is 2. The Morgan fingerprint density at radius 2 is 2.17 bits per heavy atom. The van der Waals surface area contributed by atoms with E-state index >= 15 is 0 Å². The summed E-state index contributed by atoms with van der Waals surface area (Å²) < 4.78 is 1.82. The minimum absolute atomic E-state index is 0.154. The number of aromatic amines is 1. The van der Waals surface area contributed by atoms with E-state index in [1.165, 1.54) is 6.20 Å². The lowest BCUT2D eigenvalue weighted by atomic mass is 10.2.